The molecule has 3 heteroatoms. The minimum absolute atomic E-state index is 0.119. The van der Waals surface area contributed by atoms with Gasteiger partial charge >= 0.3 is 0 Å². The molecule has 2 aliphatic carbocycles. The van der Waals surface area contributed by atoms with Crippen molar-refractivity contribution in [1.29, 1.82) is 0 Å². The molecule has 0 aromatic carbocycles. The van der Waals surface area contributed by atoms with Crippen LogP contribution in [-0.4, -0.2) is 36.0 Å². The van der Waals surface area contributed by atoms with Crippen LogP contribution in [0.3, 0.4) is 0 Å². The summed E-state index contributed by atoms with van der Waals surface area (Å²) in [6.07, 6.45) is 10.1. The Labute approximate surface area is 104 Å². The van der Waals surface area contributed by atoms with Crippen LogP contribution in [0.5, 0.6) is 0 Å². The highest BCUT2D eigenvalue weighted by molar-refractivity contribution is 5.82. The highest BCUT2D eigenvalue weighted by atomic mass is 16.2. The maximum absolute atomic E-state index is 12.4. The van der Waals surface area contributed by atoms with Crippen molar-refractivity contribution in [2.45, 2.75) is 69.5 Å². The molecular formula is C14H24N2O. The first-order chi connectivity index (χ1) is 8.25. The number of amides is 1. The normalized spacial score (nSPS) is 37.4. The number of hydrogen-bond donors (Lipinski definition) is 1. The Morgan fingerprint density at radius 1 is 1.12 bits per heavy atom. The summed E-state index contributed by atoms with van der Waals surface area (Å²) in [6, 6.07) is 1.29. The van der Waals surface area contributed by atoms with Gasteiger partial charge in [0.05, 0.1) is 6.04 Å². The number of rotatable bonds is 2. The SMILES string of the molecule is CN(C(=O)C1CC2CCCCC2N1)C1CCC1. The molecule has 0 aromatic rings. The van der Waals surface area contributed by atoms with Gasteiger partial charge in [-0.1, -0.05) is 12.8 Å². The van der Waals surface area contributed by atoms with Gasteiger partial charge in [-0.3, -0.25) is 4.79 Å². The molecule has 1 heterocycles. The lowest BCUT2D eigenvalue weighted by Crippen LogP contribution is -2.49. The van der Waals surface area contributed by atoms with E-state index in [1.165, 1.54) is 44.9 Å². The zero-order valence-electron chi connectivity index (χ0n) is 10.8. The number of nitrogens with one attached hydrogen (secondary N) is 1. The van der Waals surface area contributed by atoms with E-state index in [-0.39, 0.29) is 6.04 Å². The predicted molar refractivity (Wildman–Crippen MR) is 67.7 cm³/mol. The first-order valence-electron chi connectivity index (χ1n) is 7.28. The molecule has 1 N–H and O–H groups in total. The van der Waals surface area contributed by atoms with Crippen LogP contribution in [0.1, 0.15) is 51.4 Å². The van der Waals surface area contributed by atoms with Gasteiger partial charge < -0.3 is 10.2 Å². The van der Waals surface area contributed by atoms with Crippen LogP contribution in [0, 0.1) is 5.92 Å². The lowest BCUT2D eigenvalue weighted by atomic mass is 9.85. The summed E-state index contributed by atoms with van der Waals surface area (Å²) in [5, 5.41) is 3.59. The van der Waals surface area contributed by atoms with E-state index < -0.39 is 0 Å². The quantitative estimate of drug-likeness (QED) is 0.794. The molecule has 1 aliphatic heterocycles. The Hall–Kier alpha value is -0.570. The third kappa shape index (κ3) is 2.10. The number of fused-ring (bicyclic) bond motifs is 1. The second-order valence-electron chi connectivity index (χ2n) is 6.14. The molecule has 3 fully saturated rings. The molecule has 1 saturated heterocycles. The van der Waals surface area contributed by atoms with Crippen molar-refractivity contribution in [2.75, 3.05) is 7.05 Å². The molecule has 3 aliphatic rings. The summed E-state index contributed by atoms with van der Waals surface area (Å²) in [5.74, 6) is 1.12. The van der Waals surface area contributed by atoms with E-state index in [9.17, 15) is 4.79 Å². The lowest BCUT2D eigenvalue weighted by Gasteiger charge is -2.36. The summed E-state index contributed by atoms with van der Waals surface area (Å²) in [5.41, 5.74) is 0. The first-order valence-corrected chi connectivity index (χ1v) is 7.28. The van der Waals surface area contributed by atoms with E-state index in [2.05, 4.69) is 5.32 Å². The lowest BCUT2D eigenvalue weighted by molar-refractivity contribution is -0.135. The summed E-state index contributed by atoms with van der Waals surface area (Å²) in [6.45, 7) is 0. The molecule has 2 saturated carbocycles. The van der Waals surface area contributed by atoms with Crippen molar-refractivity contribution in [3.63, 3.8) is 0 Å². The topological polar surface area (TPSA) is 32.3 Å². The maximum Gasteiger partial charge on any atom is 0.239 e. The van der Waals surface area contributed by atoms with E-state index in [0.29, 0.717) is 18.0 Å². The smallest absolute Gasteiger partial charge is 0.239 e. The largest absolute Gasteiger partial charge is 0.341 e. The molecule has 96 valence electrons. The Balaban J connectivity index is 1.59. The van der Waals surface area contributed by atoms with E-state index >= 15 is 0 Å². The second-order valence-corrected chi connectivity index (χ2v) is 6.14. The minimum atomic E-state index is 0.119. The van der Waals surface area contributed by atoms with E-state index in [1.54, 1.807) is 0 Å². The van der Waals surface area contributed by atoms with Crippen molar-refractivity contribution in [3.05, 3.63) is 0 Å². The molecule has 1 amide bonds. The minimum Gasteiger partial charge on any atom is -0.341 e. The molecule has 3 atom stereocenters. The molecule has 0 aromatic heterocycles. The number of hydrogen-bond acceptors (Lipinski definition) is 2. The summed E-state index contributed by atoms with van der Waals surface area (Å²) < 4.78 is 0. The van der Waals surface area contributed by atoms with Crippen LogP contribution >= 0.6 is 0 Å². The number of likely N-dealkylation sites (N-methyl/N-ethyl adjacent to an activating group) is 1. The standard InChI is InChI=1S/C14H24N2O/c1-16(11-6-4-7-11)14(17)13-9-10-5-2-3-8-12(10)15-13/h10-13,15H,2-9H2,1H3. The Bertz CT molecular complexity index is 287. The summed E-state index contributed by atoms with van der Waals surface area (Å²) in [4.78, 5) is 14.4. The van der Waals surface area contributed by atoms with Crippen molar-refractivity contribution in [2.24, 2.45) is 5.92 Å². The maximum atomic E-state index is 12.4. The van der Waals surface area contributed by atoms with Crippen LogP contribution in [-0.2, 0) is 4.79 Å². The highest BCUT2D eigenvalue weighted by Gasteiger charge is 2.40. The van der Waals surface area contributed by atoms with E-state index in [4.69, 9.17) is 0 Å². The number of nitrogens with zero attached hydrogens (tertiary/aromatic N) is 1. The van der Waals surface area contributed by atoms with Gasteiger partial charge in [-0.25, -0.2) is 0 Å². The van der Waals surface area contributed by atoms with E-state index in [1.807, 2.05) is 11.9 Å². The predicted octanol–water partition coefficient (Wildman–Crippen LogP) is 1.92. The molecule has 3 nitrogen and oxygen atoms in total. The van der Waals surface area contributed by atoms with Crippen LogP contribution < -0.4 is 5.32 Å². The number of carbonyl (C=O) groups is 1. The summed E-state index contributed by atoms with van der Waals surface area (Å²) >= 11 is 0. The second kappa shape index (κ2) is 4.60. The fourth-order valence-corrected chi connectivity index (χ4v) is 3.71. The van der Waals surface area contributed by atoms with Gasteiger partial charge in [0.2, 0.25) is 5.91 Å². The van der Waals surface area contributed by atoms with Crippen LogP contribution in [0.25, 0.3) is 0 Å². The third-order valence-electron chi connectivity index (χ3n) is 5.13. The van der Waals surface area contributed by atoms with Gasteiger partial charge in [-0.05, 0) is 44.4 Å². The molecule has 17 heavy (non-hydrogen) atoms. The van der Waals surface area contributed by atoms with Crippen molar-refractivity contribution >= 4 is 5.91 Å². The zero-order valence-corrected chi connectivity index (χ0v) is 10.8. The molecule has 0 spiro atoms. The van der Waals surface area contributed by atoms with Crippen LogP contribution in [0.15, 0.2) is 0 Å². The monoisotopic (exact) mass is 236 g/mol. The van der Waals surface area contributed by atoms with Crippen molar-refractivity contribution in [1.82, 2.24) is 10.2 Å². The van der Waals surface area contributed by atoms with Gasteiger partial charge in [-0.2, -0.15) is 0 Å². The average molecular weight is 236 g/mol. The molecule has 3 rings (SSSR count). The molecule has 0 radical (unpaired) electrons. The van der Waals surface area contributed by atoms with Gasteiger partial charge in [0.25, 0.3) is 0 Å². The van der Waals surface area contributed by atoms with Gasteiger partial charge in [0, 0.05) is 19.1 Å². The fourth-order valence-electron chi connectivity index (χ4n) is 3.71. The molecule has 3 unspecified atom stereocenters. The van der Waals surface area contributed by atoms with E-state index in [0.717, 1.165) is 12.3 Å². The Morgan fingerprint density at radius 2 is 1.88 bits per heavy atom. The van der Waals surface area contributed by atoms with Crippen LogP contribution in [0.2, 0.25) is 0 Å². The van der Waals surface area contributed by atoms with Gasteiger partial charge in [-0.15, -0.1) is 0 Å². The highest BCUT2D eigenvalue weighted by Crippen LogP contribution is 2.34. The average Bonchev–Trinajstić information content (AvgIpc) is 2.68. The van der Waals surface area contributed by atoms with Crippen molar-refractivity contribution < 1.29 is 4.79 Å². The summed E-state index contributed by atoms with van der Waals surface area (Å²) in [7, 11) is 2.00. The van der Waals surface area contributed by atoms with Gasteiger partial charge in [0.1, 0.15) is 0 Å². The molecular weight excluding hydrogens is 212 g/mol. The number of carbonyl (C=O) groups excluding carboxylic acids is 1. The first kappa shape index (κ1) is 11.5. The van der Waals surface area contributed by atoms with Crippen molar-refractivity contribution in [3.8, 4) is 0 Å². The van der Waals surface area contributed by atoms with Gasteiger partial charge in [0.15, 0.2) is 0 Å². The zero-order chi connectivity index (χ0) is 11.8. The Morgan fingerprint density at radius 3 is 2.53 bits per heavy atom. The molecule has 0 bridgehead atoms. The Kier molecular flexibility index (Phi) is 3.12. The third-order valence-corrected chi connectivity index (χ3v) is 5.13. The van der Waals surface area contributed by atoms with Crippen LogP contribution in [0.4, 0.5) is 0 Å². The fraction of sp³-hybridized carbons (Fsp3) is 0.929.